The summed E-state index contributed by atoms with van der Waals surface area (Å²) in [6, 6.07) is 2.83. The predicted molar refractivity (Wildman–Crippen MR) is 129 cm³/mol. The van der Waals surface area contributed by atoms with Crippen molar-refractivity contribution in [2.45, 2.75) is 142 Å². The molecule has 0 aromatic heterocycles. The summed E-state index contributed by atoms with van der Waals surface area (Å²) >= 11 is 0. The molecule has 0 amide bonds. The van der Waals surface area contributed by atoms with Crippen LogP contribution in [-0.2, 0) is 0 Å². The van der Waals surface area contributed by atoms with Crippen LogP contribution in [0.25, 0.3) is 0 Å². The van der Waals surface area contributed by atoms with Gasteiger partial charge >= 0.3 is 0 Å². The highest BCUT2D eigenvalue weighted by atomic mass is 14.5. The van der Waals surface area contributed by atoms with Crippen LogP contribution in [0.5, 0.6) is 0 Å². The van der Waals surface area contributed by atoms with Crippen LogP contribution >= 0.6 is 0 Å². The van der Waals surface area contributed by atoms with Crippen molar-refractivity contribution < 1.29 is 0 Å². The van der Waals surface area contributed by atoms with E-state index in [1.54, 1.807) is 0 Å². The maximum absolute atomic E-state index is 10.0. The van der Waals surface area contributed by atoms with E-state index in [1.165, 1.54) is 128 Å². The van der Waals surface area contributed by atoms with Gasteiger partial charge in [-0.3, -0.25) is 0 Å². The Morgan fingerprint density at radius 2 is 1.27 bits per heavy atom. The third-order valence-electron chi connectivity index (χ3n) is 9.64. The molecule has 0 aliphatic heterocycles. The molecule has 0 aromatic rings. The SMILES string of the molecule is CCCCCC1CCC(C2CCC(C3CCCC(C#N)(CCCCC)C3)CC2)CC1. The lowest BCUT2D eigenvalue weighted by Gasteiger charge is -2.43. The zero-order chi connectivity index (χ0) is 21.2. The Morgan fingerprint density at radius 3 is 1.87 bits per heavy atom. The number of unbranched alkanes of at least 4 members (excludes halogenated alkanes) is 4. The monoisotopic (exact) mass is 413 g/mol. The van der Waals surface area contributed by atoms with Crippen molar-refractivity contribution in [3.05, 3.63) is 0 Å². The zero-order valence-electron chi connectivity index (χ0n) is 20.5. The summed E-state index contributed by atoms with van der Waals surface area (Å²) in [7, 11) is 0. The summed E-state index contributed by atoms with van der Waals surface area (Å²) in [4.78, 5) is 0. The summed E-state index contributed by atoms with van der Waals surface area (Å²) in [5, 5.41) is 10.0. The van der Waals surface area contributed by atoms with E-state index in [4.69, 9.17) is 0 Å². The molecule has 3 fully saturated rings. The normalized spacial score (nSPS) is 37.6. The second-order valence-electron chi connectivity index (χ2n) is 11.7. The van der Waals surface area contributed by atoms with Gasteiger partial charge in [-0.15, -0.1) is 0 Å². The van der Waals surface area contributed by atoms with Gasteiger partial charge in [0, 0.05) is 0 Å². The maximum Gasteiger partial charge on any atom is 0.0689 e. The fraction of sp³-hybridized carbons (Fsp3) is 0.966. The van der Waals surface area contributed by atoms with Gasteiger partial charge in [0.25, 0.3) is 0 Å². The average Bonchev–Trinajstić information content (AvgIpc) is 2.80. The van der Waals surface area contributed by atoms with E-state index in [1.807, 2.05) is 0 Å². The third-order valence-corrected chi connectivity index (χ3v) is 9.64. The fourth-order valence-electron chi connectivity index (χ4n) is 7.63. The highest BCUT2D eigenvalue weighted by molar-refractivity contribution is 5.03. The minimum atomic E-state index is 0.0328. The Kier molecular flexibility index (Phi) is 10.1. The molecule has 0 saturated heterocycles. The summed E-state index contributed by atoms with van der Waals surface area (Å²) in [5.41, 5.74) is 0.0328. The van der Waals surface area contributed by atoms with Crippen LogP contribution in [0, 0.1) is 46.3 Å². The second-order valence-corrected chi connectivity index (χ2v) is 11.7. The number of hydrogen-bond acceptors (Lipinski definition) is 1. The molecule has 0 aromatic carbocycles. The lowest BCUT2D eigenvalue weighted by molar-refractivity contribution is 0.0813. The quantitative estimate of drug-likeness (QED) is 0.327. The number of nitriles is 1. The van der Waals surface area contributed by atoms with Gasteiger partial charge in [0.05, 0.1) is 11.5 Å². The molecule has 1 nitrogen and oxygen atoms in total. The molecule has 172 valence electrons. The molecule has 2 atom stereocenters. The molecule has 0 N–H and O–H groups in total. The largest absolute Gasteiger partial charge is 0.198 e. The summed E-state index contributed by atoms with van der Waals surface area (Å²) < 4.78 is 0. The van der Waals surface area contributed by atoms with E-state index >= 15 is 0 Å². The van der Waals surface area contributed by atoms with Gasteiger partial charge in [-0.1, -0.05) is 84.5 Å². The van der Waals surface area contributed by atoms with Gasteiger partial charge in [-0.05, 0) is 87.4 Å². The lowest BCUT2D eigenvalue weighted by atomic mass is 9.61. The topological polar surface area (TPSA) is 23.8 Å². The van der Waals surface area contributed by atoms with Crippen LogP contribution in [-0.4, -0.2) is 0 Å². The predicted octanol–water partition coefficient (Wildman–Crippen LogP) is 9.46. The van der Waals surface area contributed by atoms with Crippen LogP contribution in [0.2, 0.25) is 0 Å². The zero-order valence-corrected chi connectivity index (χ0v) is 20.5. The van der Waals surface area contributed by atoms with E-state index in [0.717, 1.165) is 29.6 Å². The lowest BCUT2D eigenvalue weighted by Crippen LogP contribution is -2.34. The number of nitrogens with zero attached hydrogens (tertiary/aromatic N) is 1. The van der Waals surface area contributed by atoms with Crippen LogP contribution in [0.3, 0.4) is 0 Å². The summed E-state index contributed by atoms with van der Waals surface area (Å²) in [5.74, 6) is 4.93. The molecular weight excluding hydrogens is 362 g/mol. The van der Waals surface area contributed by atoms with Crippen molar-refractivity contribution in [2.75, 3.05) is 0 Å². The van der Waals surface area contributed by atoms with Gasteiger partial charge in [0.2, 0.25) is 0 Å². The van der Waals surface area contributed by atoms with Crippen molar-refractivity contribution in [1.82, 2.24) is 0 Å². The smallest absolute Gasteiger partial charge is 0.0689 e. The molecule has 30 heavy (non-hydrogen) atoms. The van der Waals surface area contributed by atoms with Crippen LogP contribution in [0.4, 0.5) is 0 Å². The summed E-state index contributed by atoms with van der Waals surface area (Å²) in [6.45, 7) is 4.60. The first-order chi connectivity index (χ1) is 14.7. The Morgan fingerprint density at radius 1 is 0.700 bits per heavy atom. The first-order valence-corrected chi connectivity index (χ1v) is 14.1. The molecule has 1 heteroatoms. The third kappa shape index (κ3) is 6.74. The molecule has 2 unspecified atom stereocenters. The molecule has 0 radical (unpaired) electrons. The van der Waals surface area contributed by atoms with Gasteiger partial charge in [-0.25, -0.2) is 0 Å². The molecule has 3 rings (SSSR count). The molecular formula is C29H51N. The second kappa shape index (κ2) is 12.5. The van der Waals surface area contributed by atoms with E-state index in [0.29, 0.717) is 0 Å². The molecule has 3 aliphatic rings. The van der Waals surface area contributed by atoms with E-state index in [-0.39, 0.29) is 5.41 Å². The summed E-state index contributed by atoms with van der Waals surface area (Å²) in [6.07, 6.45) is 28.0. The first-order valence-electron chi connectivity index (χ1n) is 14.1. The molecule has 3 aliphatic carbocycles. The first kappa shape index (κ1) is 24.1. The van der Waals surface area contributed by atoms with Crippen LogP contribution in [0.1, 0.15) is 142 Å². The van der Waals surface area contributed by atoms with Gasteiger partial charge in [0.1, 0.15) is 0 Å². The van der Waals surface area contributed by atoms with Gasteiger partial charge in [0.15, 0.2) is 0 Å². The average molecular weight is 414 g/mol. The van der Waals surface area contributed by atoms with Crippen molar-refractivity contribution in [3.8, 4) is 6.07 Å². The Balaban J connectivity index is 1.40. The minimum absolute atomic E-state index is 0.0328. The fourth-order valence-corrected chi connectivity index (χ4v) is 7.63. The number of hydrogen-bond donors (Lipinski definition) is 0. The van der Waals surface area contributed by atoms with Crippen LogP contribution < -0.4 is 0 Å². The van der Waals surface area contributed by atoms with Crippen molar-refractivity contribution in [3.63, 3.8) is 0 Å². The van der Waals surface area contributed by atoms with Gasteiger partial charge < -0.3 is 0 Å². The van der Waals surface area contributed by atoms with E-state index in [9.17, 15) is 5.26 Å². The molecule has 0 bridgehead atoms. The highest BCUT2D eigenvalue weighted by Crippen LogP contribution is 2.50. The van der Waals surface area contributed by atoms with Crippen molar-refractivity contribution in [2.24, 2.45) is 35.0 Å². The molecule has 3 saturated carbocycles. The standard InChI is InChI=1S/C29H51N/c1-3-5-7-10-24-12-14-25(15-13-24)26-16-18-27(19-17-26)28-11-9-21-29(22-28,23-30)20-8-6-4-2/h24-28H,3-22H2,1-2H3. The molecule has 0 spiro atoms. The van der Waals surface area contributed by atoms with Crippen LogP contribution in [0.15, 0.2) is 0 Å². The van der Waals surface area contributed by atoms with Crippen molar-refractivity contribution in [1.29, 1.82) is 5.26 Å². The number of rotatable bonds is 10. The Hall–Kier alpha value is -0.510. The van der Waals surface area contributed by atoms with E-state index in [2.05, 4.69) is 19.9 Å². The van der Waals surface area contributed by atoms with Gasteiger partial charge in [-0.2, -0.15) is 5.26 Å². The molecule has 0 heterocycles. The van der Waals surface area contributed by atoms with Crippen molar-refractivity contribution >= 4 is 0 Å². The minimum Gasteiger partial charge on any atom is -0.198 e. The maximum atomic E-state index is 10.0. The Bertz CT molecular complexity index is 503. The van der Waals surface area contributed by atoms with E-state index < -0.39 is 0 Å². The highest BCUT2D eigenvalue weighted by Gasteiger charge is 2.40. The Labute approximate surface area is 188 Å².